The Morgan fingerprint density at radius 3 is 2.20 bits per heavy atom. The normalized spacial score (nSPS) is 10.4. The van der Waals surface area contributed by atoms with Crippen molar-refractivity contribution in [2.75, 3.05) is 38.4 Å². The zero-order valence-corrected chi connectivity index (χ0v) is 17.4. The van der Waals surface area contributed by atoms with Crippen LogP contribution in [0.2, 0.25) is 0 Å². The van der Waals surface area contributed by atoms with Gasteiger partial charge in [0.15, 0.2) is 0 Å². The van der Waals surface area contributed by atoms with E-state index in [0.717, 1.165) is 28.5 Å². The van der Waals surface area contributed by atoms with Gasteiger partial charge in [-0.15, -0.1) is 0 Å². The lowest BCUT2D eigenvalue weighted by Crippen LogP contribution is -2.09. The van der Waals surface area contributed by atoms with Crippen molar-refractivity contribution in [2.24, 2.45) is 0 Å². The van der Waals surface area contributed by atoms with Crippen LogP contribution in [0.4, 0.5) is 5.69 Å². The zero-order chi connectivity index (χ0) is 20.9. The molecular weight excluding hydrogens is 378 g/mol. The molecule has 0 aromatic heterocycles. The second-order valence-corrected chi connectivity index (χ2v) is 6.55. The van der Waals surface area contributed by atoms with E-state index in [-0.39, 0.29) is 0 Å². The Bertz CT molecular complexity index is 870. The molecule has 0 aliphatic carbocycles. The van der Waals surface area contributed by atoms with Gasteiger partial charge in [0.05, 0.1) is 12.3 Å². The minimum absolute atomic E-state index is 0.488. The molecule has 0 spiro atoms. The van der Waals surface area contributed by atoms with Crippen LogP contribution < -0.4 is 19.5 Å². The number of hydrogen-bond donors (Lipinski definition) is 1. The molecule has 0 aliphatic rings. The van der Waals surface area contributed by atoms with Crippen LogP contribution in [0.3, 0.4) is 0 Å². The van der Waals surface area contributed by atoms with E-state index < -0.39 is 0 Å². The molecule has 0 saturated heterocycles. The predicted octanol–water partition coefficient (Wildman–Crippen LogP) is 5.17. The summed E-state index contributed by atoms with van der Waals surface area (Å²) in [6, 6.07) is 25.7. The summed E-state index contributed by atoms with van der Waals surface area (Å²) in [7, 11) is 0. The Morgan fingerprint density at radius 2 is 1.37 bits per heavy atom. The Hall–Kier alpha value is -3.18. The first-order chi connectivity index (χ1) is 14.8. The third-order valence-corrected chi connectivity index (χ3v) is 4.32. The molecule has 30 heavy (non-hydrogen) atoms. The topological polar surface area (TPSA) is 49.0 Å². The Balaban J connectivity index is 1.46. The van der Waals surface area contributed by atoms with Gasteiger partial charge in [-0.05, 0) is 48.9 Å². The van der Waals surface area contributed by atoms with E-state index in [1.165, 1.54) is 0 Å². The van der Waals surface area contributed by atoms with Gasteiger partial charge in [-0.1, -0.05) is 42.5 Å². The molecular formula is C25H29NO4. The van der Waals surface area contributed by atoms with Gasteiger partial charge >= 0.3 is 0 Å². The van der Waals surface area contributed by atoms with Crippen molar-refractivity contribution in [3.8, 4) is 17.2 Å². The van der Waals surface area contributed by atoms with E-state index in [0.29, 0.717) is 39.6 Å². The van der Waals surface area contributed by atoms with Crippen LogP contribution in [0.25, 0.3) is 0 Å². The number of anilines is 1. The van der Waals surface area contributed by atoms with Crippen molar-refractivity contribution in [1.29, 1.82) is 0 Å². The van der Waals surface area contributed by atoms with E-state index in [1.54, 1.807) is 0 Å². The van der Waals surface area contributed by atoms with Crippen LogP contribution >= 0.6 is 0 Å². The largest absolute Gasteiger partial charge is 0.490 e. The first-order valence-electron chi connectivity index (χ1n) is 10.3. The fourth-order valence-electron chi connectivity index (χ4n) is 2.87. The molecule has 1 N–H and O–H groups in total. The summed E-state index contributed by atoms with van der Waals surface area (Å²) in [5.74, 6) is 2.50. The highest BCUT2D eigenvalue weighted by atomic mass is 16.5. The Morgan fingerprint density at radius 1 is 0.667 bits per heavy atom. The average Bonchev–Trinajstić information content (AvgIpc) is 2.80. The average molecular weight is 408 g/mol. The van der Waals surface area contributed by atoms with Crippen LogP contribution in [0.15, 0.2) is 78.9 Å². The van der Waals surface area contributed by atoms with Gasteiger partial charge in [0.1, 0.15) is 37.1 Å². The first-order valence-corrected chi connectivity index (χ1v) is 10.3. The van der Waals surface area contributed by atoms with E-state index in [4.69, 9.17) is 18.9 Å². The van der Waals surface area contributed by atoms with Crippen molar-refractivity contribution in [3.05, 3.63) is 84.4 Å². The number of ether oxygens (including phenoxy) is 4. The fraction of sp³-hybridized carbons (Fsp3) is 0.280. The molecule has 3 rings (SSSR count). The molecule has 0 fully saturated rings. The molecule has 0 unspecified atom stereocenters. The molecule has 0 bridgehead atoms. The SMILES string of the molecule is CCOCCOc1ccccc1NCc1cccc(OCCOc2ccccc2)c1. The monoisotopic (exact) mass is 407 g/mol. The Labute approximate surface area is 178 Å². The molecule has 0 saturated carbocycles. The van der Waals surface area contributed by atoms with E-state index in [1.807, 2.05) is 79.7 Å². The summed E-state index contributed by atoms with van der Waals surface area (Å²) in [6.45, 7) is 5.44. The zero-order valence-electron chi connectivity index (χ0n) is 17.4. The predicted molar refractivity (Wildman–Crippen MR) is 120 cm³/mol. The van der Waals surface area contributed by atoms with Crippen LogP contribution in [-0.4, -0.2) is 33.0 Å². The van der Waals surface area contributed by atoms with Crippen molar-refractivity contribution < 1.29 is 18.9 Å². The minimum atomic E-state index is 0.488. The van der Waals surface area contributed by atoms with Crippen molar-refractivity contribution in [3.63, 3.8) is 0 Å². The second-order valence-electron chi connectivity index (χ2n) is 6.55. The van der Waals surface area contributed by atoms with Gasteiger partial charge in [-0.3, -0.25) is 0 Å². The van der Waals surface area contributed by atoms with Gasteiger partial charge in [-0.2, -0.15) is 0 Å². The van der Waals surface area contributed by atoms with Gasteiger partial charge in [0.2, 0.25) is 0 Å². The number of rotatable bonds is 13. The van der Waals surface area contributed by atoms with Crippen LogP contribution in [0, 0.1) is 0 Å². The van der Waals surface area contributed by atoms with Crippen molar-refractivity contribution >= 4 is 5.69 Å². The van der Waals surface area contributed by atoms with Gasteiger partial charge in [-0.25, -0.2) is 0 Å². The van der Waals surface area contributed by atoms with Crippen LogP contribution in [0.1, 0.15) is 12.5 Å². The molecule has 3 aromatic rings. The maximum Gasteiger partial charge on any atom is 0.142 e. The van der Waals surface area contributed by atoms with E-state index in [2.05, 4.69) is 11.4 Å². The highest BCUT2D eigenvalue weighted by molar-refractivity contribution is 5.56. The number of benzene rings is 3. The summed E-state index contributed by atoms with van der Waals surface area (Å²) in [6.07, 6.45) is 0. The number of nitrogens with one attached hydrogen (secondary N) is 1. The van der Waals surface area contributed by atoms with Crippen LogP contribution in [0.5, 0.6) is 17.2 Å². The second kappa shape index (κ2) is 12.4. The minimum Gasteiger partial charge on any atom is -0.490 e. The molecule has 0 atom stereocenters. The highest BCUT2D eigenvalue weighted by Crippen LogP contribution is 2.25. The van der Waals surface area contributed by atoms with Crippen molar-refractivity contribution in [2.45, 2.75) is 13.5 Å². The highest BCUT2D eigenvalue weighted by Gasteiger charge is 2.04. The molecule has 0 aliphatic heterocycles. The molecule has 0 radical (unpaired) electrons. The lowest BCUT2D eigenvalue weighted by atomic mass is 10.2. The summed E-state index contributed by atoms with van der Waals surface area (Å²) >= 11 is 0. The number of hydrogen-bond acceptors (Lipinski definition) is 5. The molecule has 5 heteroatoms. The molecule has 5 nitrogen and oxygen atoms in total. The maximum absolute atomic E-state index is 5.83. The fourth-order valence-corrected chi connectivity index (χ4v) is 2.87. The molecule has 158 valence electrons. The lowest BCUT2D eigenvalue weighted by Gasteiger charge is -2.14. The summed E-state index contributed by atoms with van der Waals surface area (Å²) < 4.78 is 22.7. The molecule has 0 amide bonds. The first kappa shape index (κ1) is 21.5. The van der Waals surface area contributed by atoms with Gasteiger partial charge in [0, 0.05) is 13.2 Å². The van der Waals surface area contributed by atoms with Crippen molar-refractivity contribution in [1.82, 2.24) is 0 Å². The maximum atomic E-state index is 5.83. The third kappa shape index (κ3) is 7.33. The number of para-hydroxylation sites is 3. The van der Waals surface area contributed by atoms with Crippen LogP contribution in [-0.2, 0) is 11.3 Å². The van der Waals surface area contributed by atoms with Gasteiger partial charge in [0.25, 0.3) is 0 Å². The van der Waals surface area contributed by atoms with E-state index >= 15 is 0 Å². The quantitative estimate of drug-likeness (QED) is 0.396. The molecule has 0 heterocycles. The lowest BCUT2D eigenvalue weighted by molar-refractivity contribution is 0.110. The summed E-state index contributed by atoms with van der Waals surface area (Å²) in [4.78, 5) is 0. The van der Waals surface area contributed by atoms with E-state index in [9.17, 15) is 0 Å². The smallest absolute Gasteiger partial charge is 0.142 e. The standard InChI is InChI=1S/C25H29NO4/c1-2-27-15-16-30-25-14-7-6-13-24(25)26-20-21-9-8-12-23(19-21)29-18-17-28-22-10-4-3-5-11-22/h3-14,19,26H,2,15-18,20H2,1H3. The Kier molecular flexibility index (Phi) is 8.90. The summed E-state index contributed by atoms with van der Waals surface area (Å²) in [5.41, 5.74) is 2.08. The third-order valence-electron chi connectivity index (χ3n) is 4.32. The molecule has 3 aromatic carbocycles. The summed E-state index contributed by atoms with van der Waals surface area (Å²) in [5, 5.41) is 3.44. The van der Waals surface area contributed by atoms with Gasteiger partial charge < -0.3 is 24.3 Å².